The van der Waals surface area contributed by atoms with Crippen LogP contribution in [0.5, 0.6) is 0 Å². The third-order valence-corrected chi connectivity index (χ3v) is 6.08. The minimum Gasteiger partial charge on any atom is -0.431 e. The van der Waals surface area contributed by atoms with Gasteiger partial charge in [-0.3, -0.25) is 14.4 Å². The number of cyclic esters (lactones) is 1. The lowest BCUT2D eigenvalue weighted by Crippen LogP contribution is -1.92. The molecule has 0 aromatic carbocycles. The number of ether oxygens (including phenoxy) is 1. The lowest BCUT2D eigenvalue weighted by atomic mass is 10.2. The van der Waals surface area contributed by atoms with Crippen LogP contribution in [0.3, 0.4) is 0 Å². The van der Waals surface area contributed by atoms with Crippen LogP contribution in [0.1, 0.15) is 65.7 Å². The molecule has 0 aromatic heterocycles. The van der Waals surface area contributed by atoms with E-state index in [4.69, 9.17) is 4.74 Å². The fourth-order valence-electron chi connectivity index (χ4n) is 2.16. The van der Waals surface area contributed by atoms with E-state index in [1.165, 1.54) is 28.4 Å². The van der Waals surface area contributed by atoms with Gasteiger partial charge in [-0.05, 0) is 30.2 Å². The van der Waals surface area contributed by atoms with E-state index < -0.39 is 0 Å². The van der Waals surface area contributed by atoms with Crippen molar-refractivity contribution < 1.29 is 19.1 Å². The molecule has 0 spiro atoms. The highest BCUT2D eigenvalue weighted by molar-refractivity contribution is 8.17. The Labute approximate surface area is 152 Å². The van der Waals surface area contributed by atoms with Gasteiger partial charge in [0.1, 0.15) is 5.76 Å². The average Bonchev–Trinajstić information content (AvgIpc) is 3.30. The van der Waals surface area contributed by atoms with Crippen molar-refractivity contribution in [1.82, 2.24) is 0 Å². The van der Waals surface area contributed by atoms with Crippen LogP contribution in [0.2, 0.25) is 0 Å². The first kappa shape index (κ1) is 21.0. The van der Waals surface area contributed by atoms with Crippen molar-refractivity contribution in [2.24, 2.45) is 0 Å². The third kappa shape index (κ3) is 8.20. The van der Waals surface area contributed by atoms with Crippen LogP contribution in [0.4, 0.5) is 0 Å². The Kier molecular flexibility index (Phi) is 10.1. The molecule has 3 aliphatic heterocycles. The normalized spacial score (nSPS) is 22.1. The van der Waals surface area contributed by atoms with E-state index in [-0.39, 0.29) is 5.97 Å². The molecule has 0 aromatic rings. The number of carbonyl (C=O) groups excluding carboxylic acids is 3. The molecule has 0 bridgehead atoms. The largest absolute Gasteiger partial charge is 0.431 e. The minimum absolute atomic E-state index is 0.123. The van der Waals surface area contributed by atoms with Gasteiger partial charge in [0.2, 0.25) is 0 Å². The SMILES string of the molecule is CCC1=CCC(=O)O1.CCC1=CCC(=O)S1.CCC1CCC(=O)S1. The number of hydrogen-bond acceptors (Lipinski definition) is 6. The van der Waals surface area contributed by atoms with Crippen LogP contribution in [0.25, 0.3) is 0 Å². The summed E-state index contributed by atoms with van der Waals surface area (Å²) in [5.41, 5.74) is 0. The van der Waals surface area contributed by atoms with Crippen molar-refractivity contribution in [2.45, 2.75) is 71.0 Å². The fourth-order valence-corrected chi connectivity index (χ4v) is 3.94. The molecule has 4 nitrogen and oxygen atoms in total. The molecule has 134 valence electrons. The van der Waals surface area contributed by atoms with Crippen LogP contribution in [0, 0.1) is 0 Å². The van der Waals surface area contributed by atoms with Gasteiger partial charge in [0, 0.05) is 24.5 Å². The summed E-state index contributed by atoms with van der Waals surface area (Å²) in [5, 5.41) is 1.32. The Hall–Kier alpha value is -1.01. The highest BCUT2D eigenvalue weighted by Gasteiger charge is 2.20. The van der Waals surface area contributed by atoms with E-state index in [0.29, 0.717) is 28.3 Å². The summed E-state index contributed by atoms with van der Waals surface area (Å²) in [4.78, 5) is 32.7. The summed E-state index contributed by atoms with van der Waals surface area (Å²) in [5.74, 6) is 0.692. The van der Waals surface area contributed by atoms with Gasteiger partial charge in [-0.25, -0.2) is 0 Å². The lowest BCUT2D eigenvalue weighted by Gasteiger charge is -1.97. The molecule has 0 saturated carbocycles. The average molecular weight is 371 g/mol. The molecule has 0 radical (unpaired) electrons. The third-order valence-electron chi connectivity index (χ3n) is 3.60. The van der Waals surface area contributed by atoms with Crippen molar-refractivity contribution in [1.29, 1.82) is 0 Å². The molecule has 1 fully saturated rings. The minimum atomic E-state index is -0.123. The molecule has 3 heterocycles. The zero-order chi connectivity index (χ0) is 17.9. The van der Waals surface area contributed by atoms with E-state index in [9.17, 15) is 14.4 Å². The van der Waals surface area contributed by atoms with Gasteiger partial charge in [-0.1, -0.05) is 50.4 Å². The van der Waals surface area contributed by atoms with Gasteiger partial charge < -0.3 is 4.74 Å². The standard InChI is InChI=1S/C6H8O2.C6H10OS.C6H8OS/c3*1-2-5-3-4-6(7)8-5/h3H,2,4H2,1H3;5H,2-4H2,1H3;3H,2,4H2,1H3. The molecular weight excluding hydrogens is 344 g/mol. The summed E-state index contributed by atoms with van der Waals surface area (Å²) in [7, 11) is 0. The van der Waals surface area contributed by atoms with Crippen LogP contribution < -0.4 is 0 Å². The molecule has 3 aliphatic rings. The number of esters is 1. The second-order valence-corrected chi connectivity index (χ2v) is 8.00. The van der Waals surface area contributed by atoms with E-state index in [2.05, 4.69) is 13.8 Å². The summed E-state index contributed by atoms with van der Waals surface area (Å²) >= 11 is 2.91. The lowest BCUT2D eigenvalue weighted by molar-refractivity contribution is -0.136. The quantitative estimate of drug-likeness (QED) is 0.652. The molecule has 0 aliphatic carbocycles. The van der Waals surface area contributed by atoms with Crippen LogP contribution >= 0.6 is 23.5 Å². The topological polar surface area (TPSA) is 60.4 Å². The Morgan fingerprint density at radius 2 is 1.79 bits per heavy atom. The highest BCUT2D eigenvalue weighted by Crippen LogP contribution is 2.29. The first-order valence-corrected chi connectivity index (χ1v) is 10.2. The van der Waals surface area contributed by atoms with E-state index in [1.54, 1.807) is 0 Å². The number of thioether (sulfide) groups is 2. The fraction of sp³-hybridized carbons (Fsp3) is 0.611. The maximum atomic E-state index is 10.6. The van der Waals surface area contributed by atoms with Crippen molar-refractivity contribution in [2.75, 3.05) is 0 Å². The zero-order valence-corrected chi connectivity index (χ0v) is 16.3. The van der Waals surface area contributed by atoms with E-state index >= 15 is 0 Å². The Morgan fingerprint density at radius 3 is 2.04 bits per heavy atom. The number of carbonyl (C=O) groups is 3. The molecule has 3 rings (SSSR count). The Morgan fingerprint density at radius 1 is 1.04 bits per heavy atom. The van der Waals surface area contributed by atoms with Gasteiger partial charge in [0.25, 0.3) is 0 Å². The number of allylic oxidation sites excluding steroid dienone is 3. The molecule has 0 amide bonds. The molecule has 6 heteroatoms. The second-order valence-electron chi connectivity index (χ2n) is 5.46. The van der Waals surface area contributed by atoms with Crippen LogP contribution in [0.15, 0.2) is 22.8 Å². The van der Waals surface area contributed by atoms with Gasteiger partial charge in [0.05, 0.1) is 6.42 Å². The van der Waals surface area contributed by atoms with Gasteiger partial charge in [0.15, 0.2) is 10.2 Å². The Bertz CT molecular complexity index is 486. The summed E-state index contributed by atoms with van der Waals surface area (Å²) in [6, 6.07) is 0. The van der Waals surface area contributed by atoms with Gasteiger partial charge >= 0.3 is 5.97 Å². The van der Waals surface area contributed by atoms with E-state index in [0.717, 1.165) is 37.9 Å². The van der Waals surface area contributed by atoms with Crippen molar-refractivity contribution in [3.05, 3.63) is 22.8 Å². The molecule has 1 saturated heterocycles. The smallest absolute Gasteiger partial charge is 0.314 e. The Balaban J connectivity index is 0.000000180. The highest BCUT2D eigenvalue weighted by atomic mass is 32.2. The van der Waals surface area contributed by atoms with Crippen LogP contribution in [-0.4, -0.2) is 21.4 Å². The predicted octanol–water partition coefficient (Wildman–Crippen LogP) is 4.99. The first-order chi connectivity index (χ1) is 11.5. The summed E-state index contributed by atoms with van der Waals surface area (Å²) in [6.07, 6.45) is 9.84. The van der Waals surface area contributed by atoms with Gasteiger partial charge in [-0.15, -0.1) is 0 Å². The van der Waals surface area contributed by atoms with Gasteiger partial charge in [-0.2, -0.15) is 0 Å². The predicted molar refractivity (Wildman–Crippen MR) is 101 cm³/mol. The molecule has 1 atom stereocenters. The van der Waals surface area contributed by atoms with Crippen molar-refractivity contribution in [3.63, 3.8) is 0 Å². The van der Waals surface area contributed by atoms with Crippen molar-refractivity contribution in [3.8, 4) is 0 Å². The number of rotatable bonds is 3. The first-order valence-electron chi connectivity index (χ1n) is 8.47. The summed E-state index contributed by atoms with van der Waals surface area (Å²) in [6.45, 7) is 6.16. The van der Waals surface area contributed by atoms with Crippen LogP contribution in [-0.2, 0) is 19.1 Å². The molecule has 0 N–H and O–H groups in total. The maximum Gasteiger partial charge on any atom is 0.314 e. The molecular formula is C18H26O4S2. The maximum absolute atomic E-state index is 10.6. The van der Waals surface area contributed by atoms with Crippen molar-refractivity contribution >= 4 is 39.7 Å². The molecule has 1 unspecified atom stereocenters. The molecule has 24 heavy (non-hydrogen) atoms. The second kappa shape index (κ2) is 11.5. The summed E-state index contributed by atoms with van der Waals surface area (Å²) < 4.78 is 4.73. The zero-order valence-electron chi connectivity index (χ0n) is 14.6. The van der Waals surface area contributed by atoms with E-state index in [1.807, 2.05) is 19.1 Å². The number of hydrogen-bond donors (Lipinski definition) is 0. The monoisotopic (exact) mass is 370 g/mol.